The zero-order valence-corrected chi connectivity index (χ0v) is 12.4. The lowest BCUT2D eigenvalue weighted by Gasteiger charge is -2.18. The Hall–Kier alpha value is -2.70. The van der Waals surface area contributed by atoms with Crippen LogP contribution in [0.2, 0.25) is 0 Å². The van der Waals surface area contributed by atoms with Crippen LogP contribution in [0, 0.1) is 19.8 Å². The van der Waals surface area contributed by atoms with Crippen molar-refractivity contribution < 1.29 is 19.1 Å². The molecule has 0 bridgehead atoms. The van der Waals surface area contributed by atoms with Gasteiger partial charge in [-0.3, -0.25) is 15.0 Å². The summed E-state index contributed by atoms with van der Waals surface area (Å²) in [6.07, 6.45) is 0. The van der Waals surface area contributed by atoms with E-state index in [0.717, 1.165) is 16.0 Å². The first-order chi connectivity index (χ1) is 10.5. The Morgan fingerprint density at radius 1 is 1.27 bits per heavy atom. The average molecular weight is 301 g/mol. The Kier molecular flexibility index (Phi) is 3.20. The Morgan fingerprint density at radius 3 is 2.68 bits per heavy atom. The number of methoxy groups -OCH3 is 1. The Morgan fingerprint density at radius 2 is 2.00 bits per heavy atom. The maximum Gasteiger partial charge on any atom is 0.355 e. The molecule has 1 aromatic carbocycles. The van der Waals surface area contributed by atoms with Crippen molar-refractivity contribution in [2.45, 2.75) is 19.9 Å². The number of hydrazone groups is 1. The predicted molar refractivity (Wildman–Crippen MR) is 78.3 cm³/mol. The van der Waals surface area contributed by atoms with E-state index in [1.165, 1.54) is 7.11 Å². The third-order valence-electron chi connectivity index (χ3n) is 3.92. The Labute approximate surface area is 126 Å². The number of aryl methyl sites for hydroxylation is 2. The minimum absolute atomic E-state index is 0.0568. The van der Waals surface area contributed by atoms with Gasteiger partial charge < -0.3 is 4.74 Å². The fourth-order valence-electron chi connectivity index (χ4n) is 2.76. The molecule has 2 unspecified atom stereocenters. The van der Waals surface area contributed by atoms with Crippen molar-refractivity contribution in [2.75, 3.05) is 12.0 Å². The summed E-state index contributed by atoms with van der Waals surface area (Å²) in [6.45, 7) is 3.71. The highest BCUT2D eigenvalue weighted by molar-refractivity contribution is 6.46. The molecule has 0 spiro atoms. The number of imide groups is 1. The standard InChI is InChI=1S/C15H15N3O4/c1-7-4-5-8(2)9(6-7)18-13(19)10-11(14(18)20)16-17-12(10)15(21)22-3/h4-6,10-11,16H,1-3H3. The summed E-state index contributed by atoms with van der Waals surface area (Å²) in [5, 5.41) is 3.78. The number of ether oxygens (including phenoxy) is 1. The third kappa shape index (κ3) is 1.89. The summed E-state index contributed by atoms with van der Waals surface area (Å²) in [4.78, 5) is 38.0. The molecule has 1 N–H and O–H groups in total. The normalized spacial score (nSPS) is 23.2. The van der Waals surface area contributed by atoms with E-state index in [1.807, 2.05) is 26.0 Å². The SMILES string of the molecule is COC(=O)C1=NNC2C(=O)N(c3cc(C)ccc3C)C(=O)C12. The highest BCUT2D eigenvalue weighted by atomic mass is 16.5. The molecule has 2 atom stereocenters. The molecule has 2 aliphatic rings. The van der Waals surface area contributed by atoms with Crippen LogP contribution in [-0.4, -0.2) is 36.6 Å². The summed E-state index contributed by atoms with van der Waals surface area (Å²) < 4.78 is 4.62. The maximum atomic E-state index is 12.7. The van der Waals surface area contributed by atoms with Crippen molar-refractivity contribution in [1.82, 2.24) is 5.43 Å². The van der Waals surface area contributed by atoms with Gasteiger partial charge in [-0.2, -0.15) is 5.10 Å². The van der Waals surface area contributed by atoms with Crippen LogP contribution >= 0.6 is 0 Å². The second-order valence-corrected chi connectivity index (χ2v) is 5.37. The molecule has 1 fully saturated rings. The van der Waals surface area contributed by atoms with Gasteiger partial charge in [0, 0.05) is 0 Å². The van der Waals surface area contributed by atoms with Gasteiger partial charge in [-0.25, -0.2) is 9.69 Å². The molecule has 2 amide bonds. The van der Waals surface area contributed by atoms with Crippen LogP contribution in [0.1, 0.15) is 11.1 Å². The van der Waals surface area contributed by atoms with E-state index < -0.39 is 29.7 Å². The van der Waals surface area contributed by atoms with Gasteiger partial charge in [0.1, 0.15) is 12.0 Å². The zero-order valence-electron chi connectivity index (χ0n) is 12.4. The Bertz CT molecular complexity index is 725. The van der Waals surface area contributed by atoms with Crippen molar-refractivity contribution in [1.29, 1.82) is 0 Å². The first kappa shape index (κ1) is 14.2. The molecule has 114 valence electrons. The van der Waals surface area contributed by atoms with Crippen LogP contribution in [-0.2, 0) is 19.1 Å². The maximum absolute atomic E-state index is 12.7. The lowest BCUT2D eigenvalue weighted by atomic mass is 9.99. The van der Waals surface area contributed by atoms with Gasteiger partial charge in [-0.1, -0.05) is 12.1 Å². The van der Waals surface area contributed by atoms with Crippen molar-refractivity contribution in [2.24, 2.45) is 11.0 Å². The van der Waals surface area contributed by atoms with Crippen LogP contribution in [0.4, 0.5) is 5.69 Å². The molecule has 0 saturated carbocycles. The summed E-state index contributed by atoms with van der Waals surface area (Å²) in [7, 11) is 1.21. The van der Waals surface area contributed by atoms with Crippen LogP contribution in [0.15, 0.2) is 23.3 Å². The van der Waals surface area contributed by atoms with Gasteiger partial charge in [0.2, 0.25) is 5.91 Å². The van der Waals surface area contributed by atoms with Crippen molar-refractivity contribution >= 4 is 29.2 Å². The molecular formula is C15H15N3O4. The molecule has 0 aromatic heterocycles. The summed E-state index contributed by atoms with van der Waals surface area (Å²) >= 11 is 0. The molecule has 7 nitrogen and oxygen atoms in total. The number of carbonyl (C=O) groups excluding carboxylic acids is 3. The highest BCUT2D eigenvalue weighted by Crippen LogP contribution is 2.32. The molecule has 2 aliphatic heterocycles. The average Bonchev–Trinajstić information content (AvgIpc) is 3.03. The Balaban J connectivity index is 2.02. The number of carbonyl (C=O) groups is 3. The summed E-state index contributed by atoms with van der Waals surface area (Å²) in [5.74, 6) is -2.51. The predicted octanol–water partition coefficient (Wildman–Crippen LogP) is 0.294. The fourth-order valence-corrected chi connectivity index (χ4v) is 2.76. The second-order valence-electron chi connectivity index (χ2n) is 5.37. The van der Waals surface area contributed by atoms with Gasteiger partial charge in [0.15, 0.2) is 5.71 Å². The van der Waals surface area contributed by atoms with E-state index in [0.29, 0.717) is 5.69 Å². The monoisotopic (exact) mass is 301 g/mol. The molecular weight excluding hydrogens is 286 g/mol. The van der Waals surface area contributed by atoms with Gasteiger partial charge in [-0.05, 0) is 31.0 Å². The summed E-state index contributed by atoms with van der Waals surface area (Å²) in [6, 6.07) is 4.69. The van der Waals surface area contributed by atoms with Crippen LogP contribution in [0.5, 0.6) is 0 Å². The lowest BCUT2D eigenvalue weighted by molar-refractivity contribution is -0.133. The van der Waals surface area contributed by atoms with E-state index >= 15 is 0 Å². The number of rotatable bonds is 2. The first-order valence-corrected chi connectivity index (χ1v) is 6.82. The molecule has 0 radical (unpaired) electrons. The zero-order chi connectivity index (χ0) is 16.0. The molecule has 0 aliphatic carbocycles. The van der Waals surface area contributed by atoms with Crippen molar-refractivity contribution in [3.63, 3.8) is 0 Å². The van der Waals surface area contributed by atoms with Crippen LogP contribution in [0.25, 0.3) is 0 Å². The largest absolute Gasteiger partial charge is 0.464 e. The van der Waals surface area contributed by atoms with Gasteiger partial charge in [0.25, 0.3) is 5.91 Å². The fraction of sp³-hybridized carbons (Fsp3) is 0.333. The molecule has 2 heterocycles. The minimum atomic E-state index is -0.931. The summed E-state index contributed by atoms with van der Waals surface area (Å²) in [5.41, 5.74) is 4.80. The number of amides is 2. The van der Waals surface area contributed by atoms with Crippen molar-refractivity contribution in [3.8, 4) is 0 Å². The highest BCUT2D eigenvalue weighted by Gasteiger charge is 2.55. The molecule has 1 aromatic rings. The van der Waals surface area contributed by atoms with E-state index in [-0.39, 0.29) is 5.71 Å². The van der Waals surface area contributed by atoms with Gasteiger partial charge in [0.05, 0.1) is 12.8 Å². The van der Waals surface area contributed by atoms with E-state index in [4.69, 9.17) is 0 Å². The number of hydrogen-bond donors (Lipinski definition) is 1. The van der Waals surface area contributed by atoms with Crippen LogP contribution < -0.4 is 10.3 Å². The van der Waals surface area contributed by atoms with E-state index in [2.05, 4.69) is 15.3 Å². The van der Waals surface area contributed by atoms with E-state index in [1.54, 1.807) is 6.07 Å². The third-order valence-corrected chi connectivity index (χ3v) is 3.92. The molecule has 3 rings (SSSR count). The molecule has 7 heteroatoms. The molecule has 22 heavy (non-hydrogen) atoms. The number of fused-ring (bicyclic) bond motifs is 1. The lowest BCUT2D eigenvalue weighted by Crippen LogP contribution is -2.36. The number of nitrogens with zero attached hydrogens (tertiary/aromatic N) is 2. The number of nitrogens with one attached hydrogen (secondary N) is 1. The number of anilines is 1. The first-order valence-electron chi connectivity index (χ1n) is 6.82. The van der Waals surface area contributed by atoms with Crippen molar-refractivity contribution in [3.05, 3.63) is 29.3 Å². The topological polar surface area (TPSA) is 88.1 Å². The van der Waals surface area contributed by atoms with Gasteiger partial charge >= 0.3 is 5.97 Å². The quantitative estimate of drug-likeness (QED) is 0.627. The van der Waals surface area contributed by atoms with Gasteiger partial charge in [-0.15, -0.1) is 0 Å². The number of esters is 1. The second kappa shape index (κ2) is 4.94. The van der Waals surface area contributed by atoms with E-state index in [9.17, 15) is 14.4 Å². The van der Waals surface area contributed by atoms with Crippen LogP contribution in [0.3, 0.4) is 0 Å². The molecule has 1 saturated heterocycles. The minimum Gasteiger partial charge on any atom is -0.464 e. The number of hydrogen-bond acceptors (Lipinski definition) is 6. The number of benzene rings is 1. The smallest absolute Gasteiger partial charge is 0.355 e.